The van der Waals surface area contributed by atoms with Crippen molar-refractivity contribution in [3.63, 3.8) is 0 Å². The molecular weight excluding hydrogens is 465 g/mol. The number of hydrogen-bond acceptors (Lipinski definition) is 7. The summed E-state index contributed by atoms with van der Waals surface area (Å²) in [4.78, 5) is 32.7. The minimum absolute atomic E-state index is 0.0408. The third-order valence-electron chi connectivity index (χ3n) is 4.32. The number of alkyl halides is 3. The summed E-state index contributed by atoms with van der Waals surface area (Å²) in [5.41, 5.74) is -1.13. The number of amides is 1. The molecule has 0 bridgehead atoms. The molecule has 0 saturated carbocycles. The molecule has 2 heterocycles. The van der Waals surface area contributed by atoms with Crippen LogP contribution >= 0.6 is 11.6 Å². The monoisotopic (exact) mass is 478 g/mol. The van der Waals surface area contributed by atoms with E-state index >= 15 is 0 Å². The number of hydrogen-bond donors (Lipinski definition) is 1. The van der Waals surface area contributed by atoms with Crippen LogP contribution in [0.3, 0.4) is 0 Å². The lowest BCUT2D eigenvalue weighted by atomic mass is 10.1. The van der Waals surface area contributed by atoms with Crippen LogP contribution in [0.4, 0.5) is 13.2 Å². The zero-order valence-electron chi connectivity index (χ0n) is 17.0. The number of esters is 1. The molecule has 1 atom stereocenters. The highest BCUT2D eigenvalue weighted by atomic mass is 35.5. The molecule has 9 nitrogen and oxygen atoms in total. The molecule has 0 saturated heterocycles. The van der Waals surface area contributed by atoms with Crippen molar-refractivity contribution in [1.29, 1.82) is 5.26 Å². The number of nitrogens with zero attached hydrogens (tertiary/aromatic N) is 5. The van der Waals surface area contributed by atoms with Crippen LogP contribution in [-0.2, 0) is 10.9 Å². The lowest BCUT2D eigenvalue weighted by molar-refractivity contribution is -0.137. The first-order valence-corrected chi connectivity index (χ1v) is 9.51. The van der Waals surface area contributed by atoms with Gasteiger partial charge in [-0.15, -0.1) is 5.10 Å². The molecule has 1 amide bonds. The van der Waals surface area contributed by atoms with Gasteiger partial charge in [-0.05, 0) is 37.3 Å². The van der Waals surface area contributed by atoms with E-state index in [-0.39, 0.29) is 33.6 Å². The summed E-state index contributed by atoms with van der Waals surface area (Å²) >= 11 is 5.75. The van der Waals surface area contributed by atoms with Crippen molar-refractivity contribution in [2.24, 2.45) is 0 Å². The molecule has 33 heavy (non-hydrogen) atoms. The summed E-state index contributed by atoms with van der Waals surface area (Å²) < 4.78 is 45.0. The molecule has 170 valence electrons. The van der Waals surface area contributed by atoms with Crippen molar-refractivity contribution in [2.75, 3.05) is 7.11 Å². The van der Waals surface area contributed by atoms with Crippen LogP contribution in [0.15, 0.2) is 36.5 Å². The Kier molecular flexibility index (Phi) is 6.64. The Bertz CT molecular complexity index is 1250. The highest BCUT2D eigenvalue weighted by Gasteiger charge is 2.32. The lowest BCUT2D eigenvalue weighted by Gasteiger charge is -2.15. The van der Waals surface area contributed by atoms with Gasteiger partial charge in [0.05, 0.1) is 24.3 Å². The van der Waals surface area contributed by atoms with E-state index in [0.717, 1.165) is 17.9 Å². The fourth-order valence-corrected chi connectivity index (χ4v) is 2.99. The smallest absolute Gasteiger partial charge is 0.416 e. The SMILES string of the molecule is COC(=O)c1nc([C@@H](C)NC(=O)c2cc(Cl)cc(C(F)(F)F)c2)n(-c2ccc(C#N)cn2)n1. The van der Waals surface area contributed by atoms with Gasteiger partial charge in [0.1, 0.15) is 6.07 Å². The Morgan fingerprint density at radius 3 is 2.58 bits per heavy atom. The molecular formula is C20H14ClF3N6O3. The minimum atomic E-state index is -4.69. The number of halogens is 4. The number of rotatable bonds is 5. The molecule has 2 aromatic heterocycles. The van der Waals surface area contributed by atoms with Gasteiger partial charge in [0.25, 0.3) is 11.7 Å². The van der Waals surface area contributed by atoms with Gasteiger partial charge >= 0.3 is 12.1 Å². The molecule has 0 fully saturated rings. The van der Waals surface area contributed by atoms with Gasteiger partial charge in [0.2, 0.25) is 0 Å². The zero-order chi connectivity index (χ0) is 24.3. The predicted octanol–water partition coefficient (Wildman–Crippen LogP) is 3.48. The minimum Gasteiger partial charge on any atom is -0.463 e. The molecule has 13 heteroatoms. The van der Waals surface area contributed by atoms with E-state index in [0.29, 0.717) is 12.1 Å². The second-order valence-corrected chi connectivity index (χ2v) is 7.07. The molecule has 0 radical (unpaired) electrons. The third-order valence-corrected chi connectivity index (χ3v) is 4.53. The maximum atomic E-state index is 13.1. The second-order valence-electron chi connectivity index (χ2n) is 6.64. The summed E-state index contributed by atoms with van der Waals surface area (Å²) in [6.45, 7) is 1.48. The molecule has 1 aromatic carbocycles. The van der Waals surface area contributed by atoms with Gasteiger partial charge in [-0.1, -0.05) is 11.6 Å². The normalized spacial score (nSPS) is 12.0. The van der Waals surface area contributed by atoms with Gasteiger partial charge < -0.3 is 10.1 Å². The predicted molar refractivity (Wildman–Crippen MR) is 108 cm³/mol. The number of carbonyl (C=O) groups excluding carboxylic acids is 2. The molecule has 3 rings (SSSR count). The first-order chi connectivity index (χ1) is 15.5. The standard InChI is InChI=1S/C20H14ClF3N6O3/c1-10(27-18(31)12-5-13(20(22,23)24)7-14(21)6-12)17-28-16(19(32)33-2)29-30(17)15-4-3-11(8-25)9-26-15/h3-7,9-10H,1-2H3,(H,27,31)/t10-/m1/s1. The molecule has 0 aliphatic rings. The maximum Gasteiger partial charge on any atom is 0.416 e. The number of carbonyl (C=O) groups is 2. The van der Waals surface area contributed by atoms with E-state index in [1.54, 1.807) is 0 Å². The highest BCUT2D eigenvalue weighted by molar-refractivity contribution is 6.31. The average molecular weight is 479 g/mol. The third kappa shape index (κ3) is 5.27. The van der Waals surface area contributed by atoms with E-state index in [1.165, 1.54) is 25.3 Å². The largest absolute Gasteiger partial charge is 0.463 e. The van der Waals surface area contributed by atoms with Crippen LogP contribution in [-0.4, -0.2) is 38.7 Å². The van der Waals surface area contributed by atoms with Gasteiger partial charge in [0, 0.05) is 16.8 Å². The van der Waals surface area contributed by atoms with E-state index < -0.39 is 29.7 Å². The summed E-state index contributed by atoms with van der Waals surface area (Å²) in [6.07, 6.45) is -3.42. The summed E-state index contributed by atoms with van der Waals surface area (Å²) in [5, 5.41) is 15.2. The van der Waals surface area contributed by atoms with E-state index in [2.05, 4.69) is 25.1 Å². The molecule has 0 spiro atoms. The highest BCUT2D eigenvalue weighted by Crippen LogP contribution is 2.32. The first-order valence-electron chi connectivity index (χ1n) is 9.14. The van der Waals surface area contributed by atoms with E-state index in [4.69, 9.17) is 16.9 Å². The summed E-state index contributed by atoms with van der Waals surface area (Å²) in [6, 6.07) is 6.34. The number of nitrogens with one attached hydrogen (secondary N) is 1. The number of methoxy groups -OCH3 is 1. The second kappa shape index (κ2) is 9.25. The van der Waals surface area contributed by atoms with Crippen LogP contribution in [0, 0.1) is 11.3 Å². The fraction of sp³-hybridized carbons (Fsp3) is 0.200. The first kappa shape index (κ1) is 23.7. The maximum absolute atomic E-state index is 13.1. The van der Waals surface area contributed by atoms with E-state index in [1.807, 2.05) is 6.07 Å². The van der Waals surface area contributed by atoms with E-state index in [9.17, 15) is 22.8 Å². The Morgan fingerprint density at radius 2 is 2.00 bits per heavy atom. The van der Waals surface area contributed by atoms with Crippen molar-refractivity contribution < 1.29 is 27.5 Å². The number of nitriles is 1. The quantitative estimate of drug-likeness (QED) is 0.557. The molecule has 1 N–H and O–H groups in total. The zero-order valence-corrected chi connectivity index (χ0v) is 17.8. The number of ether oxygens (including phenoxy) is 1. The van der Waals surface area contributed by atoms with Crippen LogP contribution in [0.2, 0.25) is 5.02 Å². The van der Waals surface area contributed by atoms with Gasteiger partial charge in [0.15, 0.2) is 11.6 Å². The topological polar surface area (TPSA) is 123 Å². The Balaban J connectivity index is 1.96. The number of benzene rings is 1. The number of pyridine rings is 1. The summed E-state index contributed by atoms with van der Waals surface area (Å²) in [5.74, 6) is -1.83. The van der Waals surface area contributed by atoms with Crippen molar-refractivity contribution in [2.45, 2.75) is 19.1 Å². The lowest BCUT2D eigenvalue weighted by Crippen LogP contribution is -2.29. The Labute approximate surface area is 189 Å². The molecule has 0 unspecified atom stereocenters. The average Bonchev–Trinajstić information content (AvgIpc) is 3.23. The van der Waals surface area contributed by atoms with Crippen molar-refractivity contribution >= 4 is 23.5 Å². The van der Waals surface area contributed by atoms with Crippen molar-refractivity contribution in [3.05, 3.63) is 69.9 Å². The molecule has 3 aromatic rings. The van der Waals surface area contributed by atoms with Crippen LogP contribution in [0.1, 0.15) is 50.9 Å². The van der Waals surface area contributed by atoms with Gasteiger partial charge in [-0.25, -0.2) is 14.8 Å². The number of aromatic nitrogens is 4. The van der Waals surface area contributed by atoms with Crippen LogP contribution in [0.25, 0.3) is 5.82 Å². The van der Waals surface area contributed by atoms with Crippen LogP contribution < -0.4 is 5.32 Å². The molecule has 0 aliphatic heterocycles. The Hall–Kier alpha value is -3.98. The molecule has 0 aliphatic carbocycles. The van der Waals surface area contributed by atoms with Gasteiger partial charge in [-0.2, -0.15) is 23.1 Å². The Morgan fingerprint density at radius 1 is 1.27 bits per heavy atom. The fourth-order valence-electron chi connectivity index (χ4n) is 2.76. The van der Waals surface area contributed by atoms with Crippen molar-refractivity contribution in [3.8, 4) is 11.9 Å². The van der Waals surface area contributed by atoms with Crippen LogP contribution in [0.5, 0.6) is 0 Å². The van der Waals surface area contributed by atoms with Crippen molar-refractivity contribution in [1.82, 2.24) is 25.1 Å². The summed E-state index contributed by atoms with van der Waals surface area (Å²) in [7, 11) is 1.13. The van der Waals surface area contributed by atoms with Gasteiger partial charge in [-0.3, -0.25) is 4.79 Å².